The molecule has 1 aliphatic carbocycles. The van der Waals surface area contributed by atoms with Crippen molar-refractivity contribution in [3.05, 3.63) is 53.6 Å². The second kappa shape index (κ2) is 8.97. The summed E-state index contributed by atoms with van der Waals surface area (Å²) in [6, 6.07) is 11.7. The van der Waals surface area contributed by atoms with Gasteiger partial charge in [-0.25, -0.2) is 13.1 Å². The summed E-state index contributed by atoms with van der Waals surface area (Å²) in [5.74, 6) is 0.115. The number of methoxy groups -OCH3 is 1. The molecule has 2 atom stereocenters. The number of hydrogen-bond acceptors (Lipinski definition) is 4. The standard InChI is InChI=1S/C22H28N2O4S/c1-15-8-11-18(12-9-15)23-22(25)17-10-13-20(28-3)21(14-17)29(26,27)24-19-7-5-4-6-16(19)2/h8-14,16,19,24H,4-7H2,1-3H3,(H,23,25). The Morgan fingerprint density at radius 3 is 2.41 bits per heavy atom. The molecule has 0 bridgehead atoms. The van der Waals surface area contributed by atoms with Crippen molar-refractivity contribution in [2.45, 2.75) is 50.5 Å². The van der Waals surface area contributed by atoms with Gasteiger partial charge in [-0.2, -0.15) is 0 Å². The third kappa shape index (κ3) is 5.16. The molecule has 2 N–H and O–H groups in total. The molecule has 29 heavy (non-hydrogen) atoms. The predicted molar refractivity (Wildman–Crippen MR) is 114 cm³/mol. The summed E-state index contributed by atoms with van der Waals surface area (Å²) >= 11 is 0. The monoisotopic (exact) mass is 416 g/mol. The van der Waals surface area contributed by atoms with E-state index in [9.17, 15) is 13.2 Å². The van der Waals surface area contributed by atoms with Crippen molar-refractivity contribution >= 4 is 21.6 Å². The van der Waals surface area contributed by atoms with Crippen molar-refractivity contribution in [3.8, 4) is 5.75 Å². The molecule has 0 heterocycles. The van der Waals surface area contributed by atoms with Crippen LogP contribution in [-0.4, -0.2) is 27.5 Å². The molecular formula is C22H28N2O4S. The minimum Gasteiger partial charge on any atom is -0.495 e. The van der Waals surface area contributed by atoms with Crippen LogP contribution in [0.4, 0.5) is 5.69 Å². The topological polar surface area (TPSA) is 84.5 Å². The van der Waals surface area contributed by atoms with Crippen LogP contribution in [0.2, 0.25) is 0 Å². The Kier molecular flexibility index (Phi) is 6.59. The third-order valence-electron chi connectivity index (χ3n) is 5.44. The first-order valence-electron chi connectivity index (χ1n) is 9.88. The first kappa shape index (κ1) is 21.3. The van der Waals surface area contributed by atoms with Crippen LogP contribution in [0.15, 0.2) is 47.4 Å². The fourth-order valence-electron chi connectivity index (χ4n) is 3.62. The van der Waals surface area contributed by atoms with Gasteiger partial charge in [0.25, 0.3) is 5.91 Å². The maximum absolute atomic E-state index is 13.1. The van der Waals surface area contributed by atoms with E-state index in [0.29, 0.717) is 5.69 Å². The molecule has 2 unspecified atom stereocenters. The molecule has 156 valence electrons. The number of amides is 1. The molecule has 0 saturated heterocycles. The highest BCUT2D eigenvalue weighted by Gasteiger charge is 2.29. The summed E-state index contributed by atoms with van der Waals surface area (Å²) < 4.78 is 34.2. The van der Waals surface area contributed by atoms with Gasteiger partial charge in [0.2, 0.25) is 10.0 Å². The van der Waals surface area contributed by atoms with E-state index >= 15 is 0 Å². The second-order valence-corrected chi connectivity index (χ2v) is 9.36. The van der Waals surface area contributed by atoms with Gasteiger partial charge in [0.1, 0.15) is 10.6 Å². The number of carbonyl (C=O) groups is 1. The summed E-state index contributed by atoms with van der Waals surface area (Å²) in [5, 5.41) is 2.80. The summed E-state index contributed by atoms with van der Waals surface area (Å²) in [5.41, 5.74) is 1.99. The van der Waals surface area contributed by atoms with Gasteiger partial charge in [0.15, 0.2) is 0 Å². The van der Waals surface area contributed by atoms with Crippen molar-refractivity contribution in [1.82, 2.24) is 4.72 Å². The number of aryl methyl sites for hydroxylation is 1. The normalized spacial score (nSPS) is 19.6. The number of rotatable bonds is 6. The van der Waals surface area contributed by atoms with E-state index in [0.717, 1.165) is 31.2 Å². The smallest absolute Gasteiger partial charge is 0.255 e. The zero-order valence-corrected chi connectivity index (χ0v) is 17.9. The van der Waals surface area contributed by atoms with E-state index in [1.165, 1.54) is 19.2 Å². The number of nitrogens with one attached hydrogen (secondary N) is 2. The molecule has 6 nitrogen and oxygen atoms in total. The van der Waals surface area contributed by atoms with Crippen LogP contribution in [0.25, 0.3) is 0 Å². The van der Waals surface area contributed by atoms with Crippen molar-refractivity contribution in [1.29, 1.82) is 0 Å². The van der Waals surface area contributed by atoms with Crippen LogP contribution >= 0.6 is 0 Å². The van der Waals surface area contributed by atoms with Crippen LogP contribution in [0.3, 0.4) is 0 Å². The third-order valence-corrected chi connectivity index (χ3v) is 6.95. The highest BCUT2D eigenvalue weighted by atomic mass is 32.2. The lowest BCUT2D eigenvalue weighted by molar-refractivity contribution is 0.102. The minimum absolute atomic E-state index is 0.0191. The zero-order valence-electron chi connectivity index (χ0n) is 17.1. The first-order valence-corrected chi connectivity index (χ1v) is 11.4. The number of ether oxygens (including phenoxy) is 1. The Hall–Kier alpha value is -2.38. The van der Waals surface area contributed by atoms with E-state index in [4.69, 9.17) is 4.74 Å². The lowest BCUT2D eigenvalue weighted by atomic mass is 9.87. The van der Waals surface area contributed by atoms with E-state index in [1.54, 1.807) is 18.2 Å². The zero-order chi connectivity index (χ0) is 21.0. The van der Waals surface area contributed by atoms with Crippen molar-refractivity contribution in [2.24, 2.45) is 5.92 Å². The molecule has 1 amide bonds. The summed E-state index contributed by atoms with van der Waals surface area (Å²) in [6.07, 6.45) is 3.95. The van der Waals surface area contributed by atoms with Crippen LogP contribution in [0.5, 0.6) is 5.75 Å². The molecule has 7 heteroatoms. The van der Waals surface area contributed by atoms with Crippen molar-refractivity contribution in [2.75, 3.05) is 12.4 Å². The van der Waals surface area contributed by atoms with Gasteiger partial charge in [-0.3, -0.25) is 4.79 Å². The van der Waals surface area contributed by atoms with Crippen LogP contribution < -0.4 is 14.8 Å². The first-order chi connectivity index (χ1) is 13.8. The van der Waals surface area contributed by atoms with E-state index < -0.39 is 10.0 Å². The summed E-state index contributed by atoms with van der Waals surface area (Å²) in [7, 11) is -2.40. The molecule has 0 spiro atoms. The molecular weight excluding hydrogens is 388 g/mol. The molecule has 1 saturated carbocycles. The largest absolute Gasteiger partial charge is 0.495 e. The number of anilines is 1. The molecule has 0 radical (unpaired) electrons. The summed E-state index contributed by atoms with van der Waals surface area (Å²) in [6.45, 7) is 4.03. The van der Waals surface area contributed by atoms with Gasteiger partial charge in [-0.15, -0.1) is 0 Å². The Labute approximate surface area is 172 Å². The molecule has 0 aliphatic heterocycles. The molecule has 0 aromatic heterocycles. The maximum Gasteiger partial charge on any atom is 0.255 e. The fraction of sp³-hybridized carbons (Fsp3) is 0.409. The number of sulfonamides is 1. The van der Waals surface area contributed by atoms with E-state index in [-0.39, 0.29) is 34.1 Å². The van der Waals surface area contributed by atoms with Gasteiger partial charge in [0, 0.05) is 17.3 Å². The van der Waals surface area contributed by atoms with Gasteiger partial charge in [0.05, 0.1) is 7.11 Å². The number of carbonyl (C=O) groups excluding carboxylic acids is 1. The van der Waals surface area contributed by atoms with Gasteiger partial charge in [-0.1, -0.05) is 37.5 Å². The lowest BCUT2D eigenvalue weighted by Gasteiger charge is -2.29. The van der Waals surface area contributed by atoms with E-state index in [2.05, 4.69) is 17.0 Å². The van der Waals surface area contributed by atoms with Gasteiger partial charge < -0.3 is 10.1 Å². The molecule has 1 aliphatic rings. The second-order valence-electron chi connectivity index (χ2n) is 7.68. The highest BCUT2D eigenvalue weighted by Crippen LogP contribution is 2.29. The molecule has 2 aromatic rings. The lowest BCUT2D eigenvalue weighted by Crippen LogP contribution is -2.41. The number of benzene rings is 2. The highest BCUT2D eigenvalue weighted by molar-refractivity contribution is 7.89. The Bertz CT molecular complexity index is 971. The SMILES string of the molecule is COc1ccc(C(=O)Nc2ccc(C)cc2)cc1S(=O)(=O)NC1CCCCC1C. The molecule has 3 rings (SSSR count). The van der Waals surface area contributed by atoms with Crippen LogP contribution in [0, 0.1) is 12.8 Å². The van der Waals surface area contributed by atoms with Gasteiger partial charge in [-0.05, 0) is 56.0 Å². The van der Waals surface area contributed by atoms with E-state index in [1.807, 2.05) is 19.1 Å². The van der Waals surface area contributed by atoms with Crippen molar-refractivity contribution < 1.29 is 17.9 Å². The maximum atomic E-state index is 13.1. The average Bonchev–Trinajstić information content (AvgIpc) is 2.71. The molecule has 2 aromatic carbocycles. The quantitative estimate of drug-likeness (QED) is 0.742. The average molecular weight is 417 g/mol. The summed E-state index contributed by atoms with van der Waals surface area (Å²) in [4.78, 5) is 12.6. The van der Waals surface area contributed by atoms with Gasteiger partial charge >= 0.3 is 0 Å². The Balaban J connectivity index is 1.85. The van der Waals surface area contributed by atoms with Crippen LogP contribution in [0.1, 0.15) is 48.5 Å². The fourth-order valence-corrected chi connectivity index (χ4v) is 5.20. The minimum atomic E-state index is -3.83. The Morgan fingerprint density at radius 1 is 1.07 bits per heavy atom. The molecule has 1 fully saturated rings. The predicted octanol–water partition coefficient (Wildman–Crippen LogP) is 4.11. The Morgan fingerprint density at radius 2 is 1.76 bits per heavy atom. The van der Waals surface area contributed by atoms with Crippen molar-refractivity contribution in [3.63, 3.8) is 0 Å². The van der Waals surface area contributed by atoms with Crippen LogP contribution in [-0.2, 0) is 10.0 Å². The number of hydrogen-bond donors (Lipinski definition) is 2.